The third-order valence-electron chi connectivity index (χ3n) is 4.70. The Hall–Kier alpha value is -4.32. The average molecular weight is 485 g/mol. The number of hydrogen-bond acceptors (Lipinski definition) is 6. The van der Waals surface area contributed by atoms with E-state index in [1.54, 1.807) is 62.7 Å². The van der Waals surface area contributed by atoms with Crippen LogP contribution in [0.2, 0.25) is 0 Å². The Kier molecular flexibility index (Phi) is 12.1. The van der Waals surface area contributed by atoms with E-state index in [-0.39, 0.29) is 11.9 Å². The van der Waals surface area contributed by atoms with Crippen LogP contribution in [0.25, 0.3) is 0 Å². The van der Waals surface area contributed by atoms with Crippen molar-refractivity contribution in [2.75, 3.05) is 13.2 Å². The first-order valence-electron chi connectivity index (χ1n) is 11.8. The van der Waals surface area contributed by atoms with Gasteiger partial charge in [-0.25, -0.2) is 9.59 Å². The van der Waals surface area contributed by atoms with Crippen LogP contribution in [0.1, 0.15) is 48.4 Å². The molecule has 6 nitrogen and oxygen atoms in total. The second kappa shape index (κ2) is 15.6. The molecule has 0 heterocycles. The van der Waals surface area contributed by atoms with E-state index in [0.29, 0.717) is 35.7 Å². The van der Waals surface area contributed by atoms with Crippen LogP contribution in [0.15, 0.2) is 106 Å². The minimum atomic E-state index is -0.370. The lowest BCUT2D eigenvalue weighted by Crippen LogP contribution is -2.03. The summed E-state index contributed by atoms with van der Waals surface area (Å²) in [6.45, 7) is 8.07. The van der Waals surface area contributed by atoms with Crippen LogP contribution < -0.4 is 0 Å². The minimum absolute atomic E-state index is 0.321. The summed E-state index contributed by atoms with van der Waals surface area (Å²) >= 11 is 0. The van der Waals surface area contributed by atoms with Gasteiger partial charge in [-0.05, 0) is 87.4 Å². The molecule has 0 saturated heterocycles. The Labute approximate surface area is 213 Å². The number of carbonyl (C=O) groups is 2. The molecule has 0 amide bonds. The molecule has 0 bridgehead atoms. The molecule has 2 rings (SSSR count). The largest absolute Gasteiger partial charge is 0.462 e. The smallest absolute Gasteiger partial charge is 0.338 e. The first-order valence-corrected chi connectivity index (χ1v) is 11.8. The van der Waals surface area contributed by atoms with Crippen molar-refractivity contribution in [2.45, 2.75) is 27.7 Å². The van der Waals surface area contributed by atoms with Crippen LogP contribution in [-0.2, 0) is 9.47 Å². The van der Waals surface area contributed by atoms with Gasteiger partial charge in [0.2, 0.25) is 0 Å². The van der Waals surface area contributed by atoms with Crippen molar-refractivity contribution in [1.82, 2.24) is 0 Å². The Morgan fingerprint density at radius 3 is 1.50 bits per heavy atom. The van der Waals surface area contributed by atoms with Gasteiger partial charge in [0.05, 0.1) is 35.7 Å². The van der Waals surface area contributed by atoms with Gasteiger partial charge in [0.25, 0.3) is 0 Å². The molecule has 2 aromatic rings. The van der Waals surface area contributed by atoms with E-state index in [1.165, 1.54) is 0 Å². The lowest BCUT2D eigenvalue weighted by Gasteiger charge is -2.03. The van der Waals surface area contributed by atoms with Crippen molar-refractivity contribution in [3.8, 4) is 0 Å². The SMILES string of the molecule is C\C=C/C(=C/C=N/c1cccc(C(=O)OCC)c1)C(/C=C\C)=C/C=N/c1cccc(C(=O)OCC)c1. The summed E-state index contributed by atoms with van der Waals surface area (Å²) in [6, 6.07) is 14.0. The molecule has 0 spiro atoms. The highest BCUT2D eigenvalue weighted by Gasteiger charge is 2.07. The topological polar surface area (TPSA) is 77.3 Å². The fraction of sp³-hybridized carbons (Fsp3) is 0.200. The molecule has 0 radical (unpaired) electrons. The monoisotopic (exact) mass is 484 g/mol. The maximum Gasteiger partial charge on any atom is 0.338 e. The molecule has 186 valence electrons. The van der Waals surface area contributed by atoms with Gasteiger partial charge in [-0.15, -0.1) is 0 Å². The van der Waals surface area contributed by atoms with E-state index in [1.807, 2.05) is 62.4 Å². The fourth-order valence-corrected chi connectivity index (χ4v) is 3.12. The molecule has 0 N–H and O–H groups in total. The summed E-state index contributed by atoms with van der Waals surface area (Å²) < 4.78 is 10.1. The van der Waals surface area contributed by atoms with E-state index in [9.17, 15) is 9.59 Å². The zero-order valence-electron chi connectivity index (χ0n) is 21.2. The zero-order chi connectivity index (χ0) is 26.2. The van der Waals surface area contributed by atoms with Gasteiger partial charge in [0.15, 0.2) is 0 Å². The van der Waals surface area contributed by atoms with Gasteiger partial charge in [-0.3, -0.25) is 9.98 Å². The zero-order valence-corrected chi connectivity index (χ0v) is 21.2. The molecule has 0 aliphatic carbocycles. The van der Waals surface area contributed by atoms with Crippen LogP contribution in [0.3, 0.4) is 0 Å². The van der Waals surface area contributed by atoms with Gasteiger partial charge < -0.3 is 9.47 Å². The number of rotatable bonds is 11. The third kappa shape index (κ3) is 9.14. The summed E-state index contributed by atoms with van der Waals surface area (Å²) in [4.78, 5) is 32.9. The van der Waals surface area contributed by atoms with Gasteiger partial charge >= 0.3 is 11.9 Å². The molecule has 0 aliphatic rings. The average Bonchev–Trinajstić information content (AvgIpc) is 2.88. The molecule has 36 heavy (non-hydrogen) atoms. The number of hydrogen-bond donors (Lipinski definition) is 0. The summed E-state index contributed by atoms with van der Waals surface area (Å²) in [7, 11) is 0. The summed E-state index contributed by atoms with van der Waals surface area (Å²) in [5, 5.41) is 0. The Morgan fingerprint density at radius 2 is 1.14 bits per heavy atom. The molecule has 0 atom stereocenters. The van der Waals surface area contributed by atoms with Gasteiger partial charge in [0.1, 0.15) is 0 Å². The molecular weight excluding hydrogens is 452 g/mol. The molecule has 0 aliphatic heterocycles. The quantitative estimate of drug-likeness (QED) is 0.193. The van der Waals surface area contributed by atoms with Crippen molar-refractivity contribution in [3.63, 3.8) is 0 Å². The van der Waals surface area contributed by atoms with E-state index < -0.39 is 0 Å². The van der Waals surface area contributed by atoms with Crippen molar-refractivity contribution in [2.24, 2.45) is 9.98 Å². The van der Waals surface area contributed by atoms with Crippen molar-refractivity contribution >= 4 is 35.7 Å². The van der Waals surface area contributed by atoms with Crippen molar-refractivity contribution in [1.29, 1.82) is 0 Å². The molecule has 0 unspecified atom stereocenters. The normalized spacial score (nSPS) is 12.8. The lowest BCUT2D eigenvalue weighted by atomic mass is 10.0. The van der Waals surface area contributed by atoms with Crippen LogP contribution in [0, 0.1) is 0 Å². The molecular formula is C30H32N2O4. The maximum absolute atomic E-state index is 12.0. The van der Waals surface area contributed by atoms with Gasteiger partial charge in [0, 0.05) is 12.4 Å². The summed E-state index contributed by atoms with van der Waals surface area (Å²) in [5.74, 6) is -0.741. The van der Waals surface area contributed by atoms with Crippen LogP contribution in [0.5, 0.6) is 0 Å². The van der Waals surface area contributed by atoms with E-state index in [2.05, 4.69) is 9.98 Å². The highest BCUT2D eigenvalue weighted by molar-refractivity contribution is 5.91. The summed E-state index contributed by atoms with van der Waals surface area (Å²) in [6.07, 6.45) is 15.0. The van der Waals surface area contributed by atoms with Crippen molar-refractivity contribution in [3.05, 3.63) is 107 Å². The van der Waals surface area contributed by atoms with Crippen molar-refractivity contribution < 1.29 is 19.1 Å². The number of allylic oxidation sites excluding steroid dienone is 8. The Bertz CT molecular complexity index is 1120. The van der Waals surface area contributed by atoms with Gasteiger partial charge in [-0.1, -0.05) is 36.4 Å². The number of benzene rings is 2. The minimum Gasteiger partial charge on any atom is -0.462 e. The first-order chi connectivity index (χ1) is 17.5. The predicted molar refractivity (Wildman–Crippen MR) is 147 cm³/mol. The Morgan fingerprint density at radius 1 is 0.722 bits per heavy atom. The molecule has 6 heteroatoms. The first kappa shape index (κ1) is 27.9. The second-order valence-corrected chi connectivity index (χ2v) is 7.34. The number of nitrogens with zero attached hydrogens (tertiary/aromatic N) is 2. The van der Waals surface area contributed by atoms with Crippen LogP contribution in [0.4, 0.5) is 11.4 Å². The number of carbonyl (C=O) groups excluding carboxylic acids is 2. The number of ether oxygens (including phenoxy) is 2. The highest BCUT2D eigenvalue weighted by atomic mass is 16.5. The van der Waals surface area contributed by atoms with E-state index in [0.717, 1.165) is 11.1 Å². The standard InChI is InChI=1S/C30H32N2O4/c1-5-11-23(17-19-31-27-15-9-13-25(21-27)29(33)35-7-3)24(12-6-2)18-20-32-28-16-10-14-26(22-28)30(34)36-8-4/h5-6,9-22H,7-8H2,1-4H3/b11-5-,12-6-,23-17-,24-18+,31-19+,32-20+. The van der Waals surface area contributed by atoms with Gasteiger partial charge in [-0.2, -0.15) is 0 Å². The molecule has 0 aromatic heterocycles. The fourth-order valence-electron chi connectivity index (χ4n) is 3.12. The number of esters is 2. The highest BCUT2D eigenvalue weighted by Crippen LogP contribution is 2.18. The molecule has 0 saturated carbocycles. The third-order valence-corrected chi connectivity index (χ3v) is 4.70. The van der Waals surface area contributed by atoms with E-state index in [4.69, 9.17) is 9.47 Å². The molecule has 2 aromatic carbocycles. The van der Waals surface area contributed by atoms with E-state index >= 15 is 0 Å². The Balaban J connectivity index is 2.27. The summed E-state index contributed by atoms with van der Waals surface area (Å²) in [5.41, 5.74) is 4.07. The van der Waals surface area contributed by atoms with Crippen LogP contribution in [-0.4, -0.2) is 37.6 Å². The number of aliphatic imine (C=N–C) groups is 2. The maximum atomic E-state index is 12.0. The van der Waals surface area contributed by atoms with Crippen LogP contribution >= 0.6 is 0 Å². The second-order valence-electron chi connectivity index (χ2n) is 7.34. The predicted octanol–water partition coefficient (Wildman–Crippen LogP) is 7.15. The lowest BCUT2D eigenvalue weighted by molar-refractivity contribution is 0.0517. The molecule has 0 fully saturated rings.